The van der Waals surface area contributed by atoms with Crippen molar-refractivity contribution in [2.75, 3.05) is 19.0 Å². The zero-order chi connectivity index (χ0) is 23.6. The van der Waals surface area contributed by atoms with Crippen LogP contribution in [0.25, 0.3) is 0 Å². The number of hydrogen-bond donors (Lipinski definition) is 3. The third kappa shape index (κ3) is 4.30. The molecule has 2 aromatic carbocycles. The van der Waals surface area contributed by atoms with Gasteiger partial charge in [0.25, 0.3) is 5.91 Å². The van der Waals surface area contributed by atoms with Gasteiger partial charge in [0.15, 0.2) is 0 Å². The predicted octanol–water partition coefficient (Wildman–Crippen LogP) is 2.78. The number of carbonyl (C=O) groups is 3. The van der Waals surface area contributed by atoms with Crippen LogP contribution < -0.4 is 15.4 Å². The molecule has 0 saturated heterocycles. The molecule has 2 aliphatic rings. The van der Waals surface area contributed by atoms with E-state index in [9.17, 15) is 19.6 Å². The summed E-state index contributed by atoms with van der Waals surface area (Å²) >= 11 is 0. The number of ether oxygens (including phenoxy) is 1. The Balaban J connectivity index is 1.56. The second-order valence-electron chi connectivity index (χ2n) is 8.22. The number of carboxylic acids is 1. The van der Waals surface area contributed by atoms with E-state index < -0.39 is 5.97 Å². The van der Waals surface area contributed by atoms with Crippen LogP contribution in [0.15, 0.2) is 48.6 Å². The van der Waals surface area contributed by atoms with Crippen molar-refractivity contribution in [2.45, 2.75) is 24.7 Å². The van der Waals surface area contributed by atoms with Gasteiger partial charge in [-0.05, 0) is 49.1 Å². The number of nitrogens with one attached hydrogen (secondary N) is 2. The molecule has 2 aromatic rings. The van der Waals surface area contributed by atoms with Crippen LogP contribution in [0, 0.1) is 17.2 Å². The van der Waals surface area contributed by atoms with Gasteiger partial charge in [0.05, 0.1) is 18.2 Å². The molecule has 2 atom stereocenters. The van der Waals surface area contributed by atoms with E-state index in [2.05, 4.69) is 16.7 Å². The normalized spacial score (nSPS) is 20.4. The molecule has 168 valence electrons. The van der Waals surface area contributed by atoms with Gasteiger partial charge in [-0.2, -0.15) is 5.26 Å². The standard InChI is InChI=1S/C25H23N3O5/c1-27-23(31)17-7-8-18-21(12-17)33-10-9-25(18)13-19(25)24(32)28-20-11-15(14-26)5-6-16(20)3-2-4-22(29)30/h2,4-8,11-12,19H,3,9-10,13H2,1H3,(H,27,31)(H,28,32)(H,29,30)/t19-,25-/m0/s1. The summed E-state index contributed by atoms with van der Waals surface area (Å²) in [5, 5.41) is 23.6. The first-order valence-corrected chi connectivity index (χ1v) is 10.6. The third-order valence-electron chi connectivity index (χ3n) is 6.30. The summed E-state index contributed by atoms with van der Waals surface area (Å²) in [6.07, 6.45) is 4.22. The van der Waals surface area contributed by atoms with Crippen LogP contribution in [0.3, 0.4) is 0 Å². The first kappa shape index (κ1) is 22.1. The van der Waals surface area contributed by atoms with Crippen molar-refractivity contribution in [3.05, 3.63) is 70.8 Å². The number of amides is 2. The van der Waals surface area contributed by atoms with Crippen LogP contribution in [-0.4, -0.2) is 36.5 Å². The molecule has 0 radical (unpaired) electrons. The summed E-state index contributed by atoms with van der Waals surface area (Å²) in [6, 6.07) is 12.3. The maximum atomic E-state index is 13.2. The molecule has 1 heterocycles. The van der Waals surface area contributed by atoms with E-state index in [0.29, 0.717) is 48.4 Å². The van der Waals surface area contributed by atoms with Crippen LogP contribution in [0.1, 0.15) is 39.9 Å². The summed E-state index contributed by atoms with van der Waals surface area (Å²) < 4.78 is 5.79. The highest BCUT2D eigenvalue weighted by Crippen LogP contribution is 2.61. The summed E-state index contributed by atoms with van der Waals surface area (Å²) in [5.41, 5.74) is 2.71. The summed E-state index contributed by atoms with van der Waals surface area (Å²) in [5.74, 6) is -1.04. The van der Waals surface area contributed by atoms with Crippen molar-refractivity contribution in [3.8, 4) is 11.8 Å². The van der Waals surface area contributed by atoms with E-state index in [1.165, 1.54) is 6.08 Å². The Bertz CT molecular complexity index is 1210. The van der Waals surface area contributed by atoms with Crippen LogP contribution >= 0.6 is 0 Å². The monoisotopic (exact) mass is 445 g/mol. The Labute approximate surface area is 190 Å². The van der Waals surface area contributed by atoms with Crippen molar-refractivity contribution in [3.63, 3.8) is 0 Å². The molecule has 0 aromatic heterocycles. The molecule has 33 heavy (non-hydrogen) atoms. The minimum Gasteiger partial charge on any atom is -0.493 e. The number of nitrogens with zero attached hydrogens (tertiary/aromatic N) is 1. The number of aliphatic carboxylic acids is 1. The zero-order valence-corrected chi connectivity index (χ0v) is 18.1. The fraction of sp³-hybridized carbons (Fsp3) is 0.280. The molecule has 2 amide bonds. The summed E-state index contributed by atoms with van der Waals surface area (Å²) in [7, 11) is 1.57. The molecule has 1 aliphatic heterocycles. The Kier molecular flexibility index (Phi) is 5.88. The molecule has 1 fully saturated rings. The predicted molar refractivity (Wildman–Crippen MR) is 120 cm³/mol. The van der Waals surface area contributed by atoms with Gasteiger partial charge in [0.1, 0.15) is 5.75 Å². The zero-order valence-electron chi connectivity index (χ0n) is 18.1. The number of anilines is 1. The minimum absolute atomic E-state index is 0.156. The highest BCUT2D eigenvalue weighted by Gasteiger charge is 2.61. The largest absolute Gasteiger partial charge is 0.493 e. The SMILES string of the molecule is CNC(=O)c1ccc2c(c1)OCC[C@]21C[C@H]1C(=O)Nc1cc(C#N)ccc1CC=CC(=O)O. The van der Waals surface area contributed by atoms with Crippen molar-refractivity contribution in [1.29, 1.82) is 5.26 Å². The Morgan fingerprint density at radius 3 is 2.82 bits per heavy atom. The first-order valence-electron chi connectivity index (χ1n) is 10.6. The van der Waals surface area contributed by atoms with Gasteiger partial charge in [0, 0.05) is 41.3 Å². The fourth-order valence-corrected chi connectivity index (χ4v) is 4.49. The third-order valence-corrected chi connectivity index (χ3v) is 6.30. The molecule has 1 saturated carbocycles. The number of carboxylic acid groups (broad SMARTS) is 1. The number of hydrogen-bond acceptors (Lipinski definition) is 5. The van der Waals surface area contributed by atoms with Gasteiger partial charge < -0.3 is 20.5 Å². The first-order chi connectivity index (χ1) is 15.9. The molecule has 1 aliphatic carbocycles. The summed E-state index contributed by atoms with van der Waals surface area (Å²) in [4.78, 5) is 35.9. The Hall–Kier alpha value is -4.12. The average molecular weight is 445 g/mol. The number of fused-ring (bicyclic) bond motifs is 2. The number of carbonyl (C=O) groups excluding carboxylic acids is 2. The van der Waals surface area contributed by atoms with Crippen molar-refractivity contribution >= 4 is 23.5 Å². The van der Waals surface area contributed by atoms with Crippen LogP contribution in [0.4, 0.5) is 5.69 Å². The quantitative estimate of drug-likeness (QED) is 0.587. The Morgan fingerprint density at radius 1 is 1.27 bits per heavy atom. The molecule has 4 rings (SSSR count). The lowest BCUT2D eigenvalue weighted by atomic mass is 9.86. The van der Waals surface area contributed by atoms with E-state index in [0.717, 1.165) is 17.2 Å². The Morgan fingerprint density at radius 2 is 2.09 bits per heavy atom. The van der Waals surface area contributed by atoms with E-state index in [-0.39, 0.29) is 23.1 Å². The summed E-state index contributed by atoms with van der Waals surface area (Å²) in [6.45, 7) is 0.461. The van der Waals surface area contributed by atoms with Gasteiger partial charge in [-0.3, -0.25) is 9.59 Å². The topological polar surface area (TPSA) is 129 Å². The smallest absolute Gasteiger partial charge is 0.327 e. The van der Waals surface area contributed by atoms with E-state index >= 15 is 0 Å². The highest BCUT2D eigenvalue weighted by atomic mass is 16.5. The van der Waals surface area contributed by atoms with Crippen LogP contribution in [0.5, 0.6) is 5.75 Å². The van der Waals surface area contributed by atoms with Crippen molar-refractivity contribution in [2.24, 2.45) is 5.92 Å². The lowest BCUT2D eigenvalue weighted by Gasteiger charge is -2.27. The molecular formula is C25H23N3O5. The van der Waals surface area contributed by atoms with E-state index in [1.54, 1.807) is 37.4 Å². The molecular weight excluding hydrogens is 422 g/mol. The minimum atomic E-state index is -1.05. The molecule has 3 N–H and O–H groups in total. The number of nitriles is 1. The maximum Gasteiger partial charge on any atom is 0.327 e. The molecule has 8 nitrogen and oxygen atoms in total. The van der Waals surface area contributed by atoms with Crippen LogP contribution in [0.2, 0.25) is 0 Å². The molecule has 0 unspecified atom stereocenters. The molecule has 8 heteroatoms. The highest BCUT2D eigenvalue weighted by molar-refractivity contribution is 5.98. The number of benzene rings is 2. The fourth-order valence-electron chi connectivity index (χ4n) is 4.49. The van der Waals surface area contributed by atoms with E-state index in [1.807, 2.05) is 6.07 Å². The lowest BCUT2D eigenvalue weighted by Crippen LogP contribution is -2.27. The van der Waals surface area contributed by atoms with Crippen molar-refractivity contribution in [1.82, 2.24) is 5.32 Å². The van der Waals surface area contributed by atoms with Crippen molar-refractivity contribution < 1.29 is 24.2 Å². The van der Waals surface area contributed by atoms with Gasteiger partial charge >= 0.3 is 5.97 Å². The van der Waals surface area contributed by atoms with Crippen LogP contribution in [-0.2, 0) is 21.4 Å². The van der Waals surface area contributed by atoms with Gasteiger partial charge in [-0.25, -0.2) is 4.79 Å². The van der Waals surface area contributed by atoms with E-state index in [4.69, 9.17) is 9.84 Å². The lowest BCUT2D eigenvalue weighted by molar-refractivity contribution is -0.131. The van der Waals surface area contributed by atoms with Gasteiger partial charge in [0.2, 0.25) is 5.91 Å². The second-order valence-corrected chi connectivity index (χ2v) is 8.22. The molecule has 1 spiro atoms. The molecule has 0 bridgehead atoms. The number of rotatable bonds is 6. The van der Waals surface area contributed by atoms with Gasteiger partial charge in [-0.1, -0.05) is 18.2 Å². The average Bonchev–Trinajstić information content (AvgIpc) is 3.53. The second kappa shape index (κ2) is 8.79. The van der Waals surface area contributed by atoms with Gasteiger partial charge in [-0.15, -0.1) is 0 Å². The number of allylic oxidation sites excluding steroid dienone is 1. The maximum absolute atomic E-state index is 13.2.